The number of nitrogens with zero attached hydrogens (tertiary/aromatic N) is 3. The minimum absolute atomic E-state index is 0.360. The number of para-hydroxylation sites is 1. The maximum atomic E-state index is 12.4. The number of hydrogen-bond acceptors (Lipinski definition) is 6. The van der Waals surface area contributed by atoms with Crippen molar-refractivity contribution in [3.63, 3.8) is 0 Å². The van der Waals surface area contributed by atoms with Gasteiger partial charge >= 0.3 is 6.09 Å². The van der Waals surface area contributed by atoms with E-state index in [9.17, 15) is 4.79 Å². The van der Waals surface area contributed by atoms with Crippen molar-refractivity contribution in [2.24, 2.45) is 0 Å². The molecule has 2 aromatic carbocycles. The molecule has 3 aromatic rings. The first-order valence-electron chi connectivity index (χ1n) is 9.90. The molecule has 1 aliphatic carbocycles. The van der Waals surface area contributed by atoms with Crippen molar-refractivity contribution in [2.75, 3.05) is 19.0 Å². The Morgan fingerprint density at radius 3 is 2.70 bits per heavy atom. The first kappa shape index (κ1) is 18.6. The van der Waals surface area contributed by atoms with Crippen molar-refractivity contribution in [1.29, 1.82) is 0 Å². The fraction of sp³-hybridized carbons (Fsp3) is 0.318. The number of fused-ring (bicyclic) bond motifs is 2. The van der Waals surface area contributed by atoms with E-state index in [1.165, 1.54) is 0 Å². The summed E-state index contributed by atoms with van der Waals surface area (Å²) in [5.74, 6) is 0.805. The fourth-order valence-electron chi connectivity index (χ4n) is 3.93. The zero-order valence-corrected chi connectivity index (χ0v) is 16.6. The number of anilines is 1. The summed E-state index contributed by atoms with van der Waals surface area (Å²) in [5.41, 5.74) is 2.98. The second kappa shape index (κ2) is 7.46. The lowest BCUT2D eigenvalue weighted by atomic mass is 9.88. The molecule has 1 fully saturated rings. The molecule has 1 aliphatic heterocycles. The smallest absolute Gasteiger partial charge is 0.412 e. The van der Waals surface area contributed by atoms with Crippen LogP contribution in [0.2, 0.25) is 0 Å². The van der Waals surface area contributed by atoms with Crippen molar-refractivity contribution in [1.82, 2.24) is 15.0 Å². The molecule has 1 amide bonds. The van der Waals surface area contributed by atoms with E-state index in [0.29, 0.717) is 31.0 Å². The molecule has 2 heterocycles. The van der Waals surface area contributed by atoms with E-state index in [4.69, 9.17) is 14.2 Å². The van der Waals surface area contributed by atoms with Gasteiger partial charge in [0.1, 0.15) is 28.8 Å². The highest BCUT2D eigenvalue weighted by molar-refractivity contribution is 5.84. The van der Waals surface area contributed by atoms with Gasteiger partial charge in [-0.1, -0.05) is 35.5 Å². The highest BCUT2D eigenvalue weighted by Crippen LogP contribution is 2.51. The van der Waals surface area contributed by atoms with Crippen molar-refractivity contribution < 1.29 is 19.0 Å². The summed E-state index contributed by atoms with van der Waals surface area (Å²) in [5, 5.41) is 11.5. The molecule has 0 saturated carbocycles. The molecule has 0 unspecified atom stereocenters. The van der Waals surface area contributed by atoms with Gasteiger partial charge in [0.15, 0.2) is 0 Å². The zero-order chi connectivity index (χ0) is 20.6. The van der Waals surface area contributed by atoms with Crippen molar-refractivity contribution in [3.8, 4) is 5.75 Å². The Labute approximate surface area is 173 Å². The number of epoxide rings is 1. The van der Waals surface area contributed by atoms with Crippen LogP contribution in [0.1, 0.15) is 35.9 Å². The second-order valence-corrected chi connectivity index (χ2v) is 7.54. The molecule has 8 nitrogen and oxygen atoms in total. The standard InChI is InChI=1S/C22H22N4O4/c1-28-17-9-7-15(8-10-17)13-26-20-19(24-25-26)18(11-12-22(20)14-29-22)30-21(27)23-16-5-3-2-4-6-16/h2-10,18H,11-14H2,1H3,(H,23,27)/t18-,22-/m1/s1. The summed E-state index contributed by atoms with van der Waals surface area (Å²) >= 11 is 0. The Bertz CT molecular complexity index is 1040. The molecule has 1 spiro atoms. The number of rotatable bonds is 5. The van der Waals surface area contributed by atoms with Gasteiger partial charge in [0.2, 0.25) is 0 Å². The van der Waals surface area contributed by atoms with Crippen LogP contribution in [-0.2, 0) is 21.6 Å². The van der Waals surface area contributed by atoms with Crippen LogP contribution in [0.3, 0.4) is 0 Å². The second-order valence-electron chi connectivity index (χ2n) is 7.54. The van der Waals surface area contributed by atoms with Gasteiger partial charge in [0.05, 0.1) is 20.3 Å². The lowest BCUT2D eigenvalue weighted by Crippen LogP contribution is -2.28. The summed E-state index contributed by atoms with van der Waals surface area (Å²) < 4.78 is 18.6. The van der Waals surface area contributed by atoms with E-state index in [1.807, 2.05) is 59.3 Å². The molecule has 1 N–H and O–H groups in total. The van der Waals surface area contributed by atoms with Gasteiger partial charge in [-0.15, -0.1) is 5.10 Å². The summed E-state index contributed by atoms with van der Waals surface area (Å²) in [4.78, 5) is 12.4. The Morgan fingerprint density at radius 1 is 1.23 bits per heavy atom. The van der Waals surface area contributed by atoms with Gasteiger partial charge in [-0.3, -0.25) is 5.32 Å². The fourth-order valence-corrected chi connectivity index (χ4v) is 3.93. The molecule has 1 saturated heterocycles. The number of aromatic nitrogens is 3. The van der Waals surface area contributed by atoms with Gasteiger partial charge in [-0.25, -0.2) is 9.48 Å². The number of methoxy groups -OCH3 is 1. The maximum Gasteiger partial charge on any atom is 0.412 e. The summed E-state index contributed by atoms with van der Waals surface area (Å²) in [6.45, 7) is 1.19. The number of amides is 1. The zero-order valence-electron chi connectivity index (χ0n) is 16.6. The highest BCUT2D eigenvalue weighted by atomic mass is 16.6. The SMILES string of the molecule is COc1ccc(Cn2nnc3c2[C@@]2(CC[C@H]3OC(=O)Nc3ccccc3)CO2)cc1. The van der Waals surface area contributed by atoms with Gasteiger partial charge < -0.3 is 14.2 Å². The molecule has 0 radical (unpaired) electrons. The number of nitrogens with one attached hydrogen (secondary N) is 1. The van der Waals surface area contributed by atoms with Gasteiger partial charge in [0, 0.05) is 5.69 Å². The lowest BCUT2D eigenvalue weighted by Gasteiger charge is -2.26. The van der Waals surface area contributed by atoms with Crippen LogP contribution in [0.5, 0.6) is 5.75 Å². The minimum Gasteiger partial charge on any atom is -0.497 e. The first-order chi connectivity index (χ1) is 14.7. The average Bonchev–Trinajstić information content (AvgIpc) is 3.41. The molecule has 8 heteroatoms. The third-order valence-electron chi connectivity index (χ3n) is 5.56. The number of carbonyl (C=O) groups excluding carboxylic acids is 1. The van der Waals surface area contributed by atoms with E-state index in [0.717, 1.165) is 23.4 Å². The number of benzene rings is 2. The molecule has 2 atom stereocenters. The number of carbonyl (C=O) groups is 1. The van der Waals surface area contributed by atoms with Crippen LogP contribution in [-0.4, -0.2) is 34.8 Å². The molecule has 30 heavy (non-hydrogen) atoms. The predicted octanol–water partition coefficient (Wildman–Crippen LogP) is 3.64. The van der Waals surface area contributed by atoms with Crippen LogP contribution >= 0.6 is 0 Å². The van der Waals surface area contributed by atoms with Gasteiger partial charge in [-0.05, 0) is 42.7 Å². The van der Waals surface area contributed by atoms with Crippen LogP contribution in [0.15, 0.2) is 54.6 Å². The molecule has 1 aromatic heterocycles. The first-order valence-corrected chi connectivity index (χ1v) is 9.90. The van der Waals surface area contributed by atoms with Crippen LogP contribution in [0.4, 0.5) is 10.5 Å². The molecular weight excluding hydrogens is 384 g/mol. The third kappa shape index (κ3) is 3.50. The van der Waals surface area contributed by atoms with Crippen molar-refractivity contribution in [3.05, 3.63) is 71.5 Å². The highest BCUT2D eigenvalue weighted by Gasteiger charge is 2.55. The number of hydrogen-bond donors (Lipinski definition) is 1. The van der Waals surface area contributed by atoms with Crippen molar-refractivity contribution >= 4 is 11.8 Å². The number of ether oxygens (including phenoxy) is 3. The van der Waals surface area contributed by atoms with Gasteiger partial charge in [-0.2, -0.15) is 0 Å². The van der Waals surface area contributed by atoms with Crippen LogP contribution in [0.25, 0.3) is 0 Å². The minimum atomic E-state index is -0.505. The summed E-state index contributed by atoms with van der Waals surface area (Å²) in [7, 11) is 1.64. The Balaban J connectivity index is 1.36. The van der Waals surface area contributed by atoms with Crippen LogP contribution < -0.4 is 10.1 Å². The normalized spacial score (nSPS) is 21.7. The Morgan fingerprint density at radius 2 is 2.00 bits per heavy atom. The van der Waals surface area contributed by atoms with E-state index in [1.54, 1.807) is 7.11 Å². The summed E-state index contributed by atoms with van der Waals surface area (Å²) in [6, 6.07) is 17.1. The molecule has 5 rings (SSSR count). The lowest BCUT2D eigenvalue weighted by molar-refractivity contribution is 0.0833. The van der Waals surface area contributed by atoms with E-state index >= 15 is 0 Å². The molecular formula is C22H22N4O4. The maximum absolute atomic E-state index is 12.4. The molecule has 0 bridgehead atoms. The predicted molar refractivity (Wildman–Crippen MR) is 108 cm³/mol. The molecule has 2 aliphatic rings. The van der Waals surface area contributed by atoms with Crippen LogP contribution in [0, 0.1) is 0 Å². The van der Waals surface area contributed by atoms with E-state index < -0.39 is 12.2 Å². The quantitative estimate of drug-likeness (QED) is 0.651. The third-order valence-corrected chi connectivity index (χ3v) is 5.56. The molecule has 154 valence electrons. The van der Waals surface area contributed by atoms with E-state index in [2.05, 4.69) is 15.6 Å². The Hall–Kier alpha value is -3.39. The monoisotopic (exact) mass is 406 g/mol. The Kier molecular flexibility index (Phi) is 4.63. The summed E-state index contributed by atoms with van der Waals surface area (Å²) in [6.07, 6.45) is 0.452. The van der Waals surface area contributed by atoms with Gasteiger partial charge in [0.25, 0.3) is 0 Å². The largest absolute Gasteiger partial charge is 0.497 e. The average molecular weight is 406 g/mol. The van der Waals surface area contributed by atoms with Crippen molar-refractivity contribution in [2.45, 2.75) is 31.1 Å². The van der Waals surface area contributed by atoms with E-state index in [-0.39, 0.29) is 5.60 Å². The topological polar surface area (TPSA) is 90.8 Å².